The predicted molar refractivity (Wildman–Crippen MR) is 63.4 cm³/mol. The third-order valence-electron chi connectivity index (χ3n) is 1.96. The van der Waals surface area contributed by atoms with Crippen LogP contribution in [0, 0.1) is 0 Å². The van der Waals surface area contributed by atoms with Crippen molar-refractivity contribution >= 4 is 6.09 Å². The average molecular weight is 238 g/mol. The molecule has 0 spiro atoms. The van der Waals surface area contributed by atoms with E-state index in [4.69, 9.17) is 4.74 Å². The van der Waals surface area contributed by atoms with Crippen molar-refractivity contribution in [2.24, 2.45) is 0 Å². The molecule has 0 fully saturated rings. The topological polar surface area (TPSA) is 71.5 Å². The SMILES string of the molecule is CC(C)(C)OC(=O)N[C@@H](CO)c1cccnc1. The summed E-state index contributed by atoms with van der Waals surface area (Å²) in [4.78, 5) is 15.5. The molecule has 0 aliphatic carbocycles. The smallest absolute Gasteiger partial charge is 0.408 e. The predicted octanol–water partition coefficient (Wildman–Crippen LogP) is 1.64. The van der Waals surface area contributed by atoms with Crippen LogP contribution in [0.1, 0.15) is 32.4 Å². The van der Waals surface area contributed by atoms with E-state index in [1.807, 2.05) is 0 Å². The minimum absolute atomic E-state index is 0.203. The van der Waals surface area contributed by atoms with Gasteiger partial charge < -0.3 is 15.2 Å². The zero-order valence-electron chi connectivity index (χ0n) is 10.3. The highest BCUT2D eigenvalue weighted by Gasteiger charge is 2.19. The van der Waals surface area contributed by atoms with Crippen molar-refractivity contribution in [3.8, 4) is 0 Å². The van der Waals surface area contributed by atoms with Gasteiger partial charge in [0.2, 0.25) is 0 Å². The number of hydrogen-bond acceptors (Lipinski definition) is 4. The number of carbonyl (C=O) groups excluding carboxylic acids is 1. The van der Waals surface area contributed by atoms with Gasteiger partial charge in [-0.25, -0.2) is 4.79 Å². The average Bonchev–Trinajstić information content (AvgIpc) is 2.24. The number of aromatic nitrogens is 1. The van der Waals surface area contributed by atoms with Crippen molar-refractivity contribution in [1.29, 1.82) is 0 Å². The van der Waals surface area contributed by atoms with E-state index in [2.05, 4.69) is 10.3 Å². The lowest BCUT2D eigenvalue weighted by Crippen LogP contribution is -2.36. The molecular weight excluding hydrogens is 220 g/mol. The molecule has 0 saturated carbocycles. The van der Waals surface area contributed by atoms with Crippen LogP contribution >= 0.6 is 0 Å². The monoisotopic (exact) mass is 238 g/mol. The summed E-state index contributed by atoms with van der Waals surface area (Å²) in [7, 11) is 0. The lowest BCUT2D eigenvalue weighted by Gasteiger charge is -2.22. The molecule has 5 heteroatoms. The van der Waals surface area contributed by atoms with E-state index in [0.717, 1.165) is 5.56 Å². The highest BCUT2D eigenvalue weighted by atomic mass is 16.6. The van der Waals surface area contributed by atoms with Crippen LogP contribution in [-0.2, 0) is 4.74 Å². The molecule has 1 aromatic rings. The Hall–Kier alpha value is -1.62. The van der Waals surface area contributed by atoms with Crippen molar-refractivity contribution in [2.75, 3.05) is 6.61 Å². The van der Waals surface area contributed by atoms with Crippen LogP contribution < -0.4 is 5.32 Å². The lowest BCUT2D eigenvalue weighted by atomic mass is 10.1. The van der Waals surface area contributed by atoms with Gasteiger partial charge in [-0.1, -0.05) is 6.07 Å². The first kappa shape index (κ1) is 13.4. The Balaban J connectivity index is 2.62. The minimum atomic E-state index is -0.557. The van der Waals surface area contributed by atoms with Crippen LogP contribution in [0.2, 0.25) is 0 Å². The fourth-order valence-electron chi connectivity index (χ4n) is 1.27. The largest absolute Gasteiger partial charge is 0.444 e. The van der Waals surface area contributed by atoms with Gasteiger partial charge in [0.05, 0.1) is 12.6 Å². The molecule has 1 atom stereocenters. The first-order valence-corrected chi connectivity index (χ1v) is 5.42. The van der Waals surface area contributed by atoms with Crippen LogP contribution in [-0.4, -0.2) is 28.4 Å². The van der Waals surface area contributed by atoms with E-state index in [1.165, 1.54) is 0 Å². The molecule has 0 aromatic carbocycles. The molecule has 0 saturated heterocycles. The molecule has 1 aromatic heterocycles. The molecule has 0 unspecified atom stereocenters. The molecule has 1 amide bonds. The van der Waals surface area contributed by atoms with Gasteiger partial charge in [0, 0.05) is 12.4 Å². The standard InChI is InChI=1S/C12H18N2O3/c1-12(2,3)17-11(16)14-10(8-15)9-5-4-6-13-7-9/h4-7,10,15H,8H2,1-3H3,(H,14,16)/t10-/m0/s1. The van der Waals surface area contributed by atoms with Crippen LogP contribution in [0.3, 0.4) is 0 Å². The van der Waals surface area contributed by atoms with Crippen LogP contribution in [0.15, 0.2) is 24.5 Å². The van der Waals surface area contributed by atoms with E-state index in [0.29, 0.717) is 0 Å². The number of ether oxygens (including phenoxy) is 1. The fourth-order valence-corrected chi connectivity index (χ4v) is 1.27. The van der Waals surface area contributed by atoms with Crippen LogP contribution in [0.4, 0.5) is 4.79 Å². The second-order valence-corrected chi connectivity index (χ2v) is 4.67. The number of rotatable bonds is 3. The first-order valence-electron chi connectivity index (χ1n) is 5.42. The van der Waals surface area contributed by atoms with Crippen molar-refractivity contribution in [2.45, 2.75) is 32.4 Å². The summed E-state index contributed by atoms with van der Waals surface area (Å²) < 4.78 is 5.11. The Kier molecular flexibility index (Phi) is 4.45. The zero-order chi connectivity index (χ0) is 12.9. The Bertz CT molecular complexity index is 360. The Morgan fingerprint density at radius 3 is 2.76 bits per heavy atom. The van der Waals surface area contributed by atoms with Gasteiger partial charge >= 0.3 is 6.09 Å². The number of hydrogen-bond donors (Lipinski definition) is 2. The molecule has 0 bridgehead atoms. The van der Waals surface area contributed by atoms with Gasteiger partial charge in [-0.3, -0.25) is 4.98 Å². The van der Waals surface area contributed by atoms with E-state index in [9.17, 15) is 9.90 Å². The lowest BCUT2D eigenvalue weighted by molar-refractivity contribution is 0.0482. The number of aliphatic hydroxyl groups is 1. The van der Waals surface area contributed by atoms with E-state index in [1.54, 1.807) is 45.3 Å². The normalized spacial score (nSPS) is 12.9. The quantitative estimate of drug-likeness (QED) is 0.839. The Morgan fingerprint density at radius 2 is 2.29 bits per heavy atom. The number of amides is 1. The molecule has 2 N–H and O–H groups in total. The summed E-state index contributed by atoms with van der Waals surface area (Å²) in [6, 6.07) is 3.03. The van der Waals surface area contributed by atoms with Crippen molar-refractivity contribution in [1.82, 2.24) is 10.3 Å². The summed E-state index contributed by atoms with van der Waals surface area (Å²) in [5, 5.41) is 11.8. The van der Waals surface area contributed by atoms with Crippen LogP contribution in [0.5, 0.6) is 0 Å². The molecule has 17 heavy (non-hydrogen) atoms. The van der Waals surface area contributed by atoms with E-state index >= 15 is 0 Å². The third-order valence-corrected chi connectivity index (χ3v) is 1.96. The molecule has 94 valence electrons. The maximum Gasteiger partial charge on any atom is 0.408 e. The molecule has 0 aliphatic heterocycles. The second-order valence-electron chi connectivity index (χ2n) is 4.67. The summed E-state index contributed by atoms with van der Waals surface area (Å²) in [6.45, 7) is 5.14. The van der Waals surface area contributed by atoms with E-state index < -0.39 is 17.7 Å². The Labute approximate surface area is 101 Å². The molecular formula is C12H18N2O3. The number of pyridine rings is 1. The number of alkyl carbamates (subject to hydrolysis) is 1. The number of nitrogens with zero attached hydrogens (tertiary/aromatic N) is 1. The van der Waals surface area contributed by atoms with Gasteiger partial charge in [-0.15, -0.1) is 0 Å². The number of carbonyl (C=O) groups is 1. The van der Waals surface area contributed by atoms with Gasteiger partial charge in [-0.05, 0) is 32.4 Å². The second kappa shape index (κ2) is 5.63. The first-order chi connectivity index (χ1) is 7.92. The fraction of sp³-hybridized carbons (Fsp3) is 0.500. The molecule has 0 radical (unpaired) electrons. The van der Waals surface area contributed by atoms with Gasteiger partial charge in [0.1, 0.15) is 5.60 Å². The molecule has 0 aliphatic rings. The highest BCUT2D eigenvalue weighted by Crippen LogP contribution is 2.12. The maximum absolute atomic E-state index is 11.5. The van der Waals surface area contributed by atoms with Gasteiger partial charge in [0.25, 0.3) is 0 Å². The third kappa shape index (κ3) is 4.82. The van der Waals surface area contributed by atoms with E-state index in [-0.39, 0.29) is 6.61 Å². The minimum Gasteiger partial charge on any atom is -0.444 e. The Morgan fingerprint density at radius 1 is 1.59 bits per heavy atom. The van der Waals surface area contributed by atoms with Gasteiger partial charge in [-0.2, -0.15) is 0 Å². The highest BCUT2D eigenvalue weighted by molar-refractivity contribution is 5.68. The summed E-state index contributed by atoms with van der Waals surface area (Å²) in [6.07, 6.45) is 2.67. The molecule has 5 nitrogen and oxygen atoms in total. The van der Waals surface area contributed by atoms with Crippen molar-refractivity contribution in [3.05, 3.63) is 30.1 Å². The van der Waals surface area contributed by atoms with Crippen molar-refractivity contribution in [3.63, 3.8) is 0 Å². The number of nitrogens with one attached hydrogen (secondary N) is 1. The summed E-state index contributed by atoms with van der Waals surface area (Å²) in [5.74, 6) is 0. The molecule has 1 rings (SSSR count). The zero-order valence-corrected chi connectivity index (χ0v) is 10.3. The van der Waals surface area contributed by atoms with Crippen molar-refractivity contribution < 1.29 is 14.6 Å². The molecule has 1 heterocycles. The van der Waals surface area contributed by atoms with Gasteiger partial charge in [0.15, 0.2) is 0 Å². The summed E-state index contributed by atoms with van der Waals surface area (Å²) >= 11 is 0. The number of aliphatic hydroxyl groups excluding tert-OH is 1. The summed E-state index contributed by atoms with van der Waals surface area (Å²) in [5.41, 5.74) is 0.180. The van der Waals surface area contributed by atoms with Crippen LogP contribution in [0.25, 0.3) is 0 Å². The maximum atomic E-state index is 11.5.